The lowest BCUT2D eigenvalue weighted by molar-refractivity contribution is 0.413. The van der Waals surface area contributed by atoms with Gasteiger partial charge in [-0.25, -0.2) is 4.98 Å². The van der Waals surface area contributed by atoms with Crippen LogP contribution in [0.5, 0.6) is 5.75 Å². The minimum absolute atomic E-state index is 0.549. The molecule has 0 aliphatic heterocycles. The van der Waals surface area contributed by atoms with Crippen molar-refractivity contribution >= 4 is 11.3 Å². The summed E-state index contributed by atoms with van der Waals surface area (Å²) in [5.41, 5.74) is 4.40. The summed E-state index contributed by atoms with van der Waals surface area (Å²) in [6, 6.07) is 7.66. The van der Waals surface area contributed by atoms with Crippen molar-refractivity contribution in [1.29, 1.82) is 5.26 Å². The third kappa shape index (κ3) is 1.77. The minimum atomic E-state index is 0.549. The summed E-state index contributed by atoms with van der Waals surface area (Å²) in [4.78, 5) is 5.32. The highest BCUT2D eigenvalue weighted by atomic mass is 32.1. The Balaban J connectivity index is 2.53. The highest BCUT2D eigenvalue weighted by Gasteiger charge is 2.08. The molecule has 2 aromatic rings. The van der Waals surface area contributed by atoms with Crippen LogP contribution in [0.15, 0.2) is 23.7 Å². The lowest BCUT2D eigenvalue weighted by Crippen LogP contribution is -1.88. The lowest BCUT2D eigenvalue weighted by Gasteiger charge is -2.05. The first-order valence-electron chi connectivity index (χ1n) is 4.75. The minimum Gasteiger partial charge on any atom is -0.495 e. The van der Waals surface area contributed by atoms with Crippen LogP contribution in [0.25, 0.3) is 10.4 Å². The molecule has 4 heteroatoms. The average Bonchev–Trinajstić information content (AvgIpc) is 2.74. The van der Waals surface area contributed by atoms with Gasteiger partial charge in [-0.05, 0) is 24.6 Å². The molecule has 3 nitrogen and oxygen atoms in total. The Hall–Kier alpha value is -1.86. The van der Waals surface area contributed by atoms with E-state index in [1.807, 2.05) is 24.6 Å². The van der Waals surface area contributed by atoms with Crippen LogP contribution in [-0.2, 0) is 0 Å². The van der Waals surface area contributed by atoms with E-state index < -0.39 is 0 Å². The number of hydrogen-bond acceptors (Lipinski definition) is 4. The quantitative estimate of drug-likeness (QED) is 0.796. The molecule has 0 bridgehead atoms. The van der Waals surface area contributed by atoms with Crippen molar-refractivity contribution in [2.45, 2.75) is 6.92 Å². The largest absolute Gasteiger partial charge is 0.495 e. The first kappa shape index (κ1) is 10.7. The van der Waals surface area contributed by atoms with Crippen LogP contribution in [0.2, 0.25) is 0 Å². The molecule has 1 aromatic carbocycles. The van der Waals surface area contributed by atoms with Gasteiger partial charge in [-0.1, -0.05) is 6.07 Å². The summed E-state index contributed by atoms with van der Waals surface area (Å²) in [5.74, 6) is 0.604. The summed E-state index contributed by atoms with van der Waals surface area (Å²) in [6.45, 7) is 1.97. The Morgan fingerprint density at radius 3 is 2.81 bits per heavy atom. The molecule has 0 amide bonds. The predicted molar refractivity (Wildman–Crippen MR) is 63.6 cm³/mol. The van der Waals surface area contributed by atoms with E-state index in [1.54, 1.807) is 24.5 Å². The van der Waals surface area contributed by atoms with E-state index in [0.29, 0.717) is 11.3 Å². The third-order valence-corrected chi connectivity index (χ3v) is 3.31. The Kier molecular flexibility index (Phi) is 2.88. The van der Waals surface area contributed by atoms with Crippen LogP contribution in [0, 0.1) is 18.3 Å². The van der Waals surface area contributed by atoms with Gasteiger partial charge in [-0.2, -0.15) is 5.26 Å². The second-order valence-electron chi connectivity index (χ2n) is 3.29. The summed E-state index contributed by atoms with van der Waals surface area (Å²) in [6.07, 6.45) is 0. The van der Waals surface area contributed by atoms with Crippen LogP contribution in [0.3, 0.4) is 0 Å². The molecular formula is C12H10N2OS. The van der Waals surface area contributed by atoms with Crippen LogP contribution >= 0.6 is 11.3 Å². The monoisotopic (exact) mass is 230 g/mol. The number of nitriles is 1. The Morgan fingerprint density at radius 2 is 2.25 bits per heavy atom. The first-order valence-corrected chi connectivity index (χ1v) is 5.63. The summed E-state index contributed by atoms with van der Waals surface area (Å²) >= 11 is 1.59. The van der Waals surface area contributed by atoms with Gasteiger partial charge < -0.3 is 4.74 Å². The Bertz CT molecular complexity index is 554. The lowest BCUT2D eigenvalue weighted by atomic mass is 10.1. The van der Waals surface area contributed by atoms with Crippen LogP contribution in [0.4, 0.5) is 0 Å². The van der Waals surface area contributed by atoms with Gasteiger partial charge in [0.15, 0.2) is 0 Å². The number of rotatable bonds is 2. The molecule has 0 saturated carbocycles. The predicted octanol–water partition coefficient (Wildman–Crippen LogP) is 3.00. The molecule has 0 fully saturated rings. The number of benzene rings is 1. The van der Waals surface area contributed by atoms with Crippen molar-refractivity contribution in [3.63, 3.8) is 0 Å². The standard InChI is InChI=1S/C12H10N2OS/c1-8-12(16-7-14-8)9-3-4-10(6-13)11(5-9)15-2/h3-5,7H,1-2H3. The van der Waals surface area contributed by atoms with Gasteiger partial charge >= 0.3 is 0 Å². The maximum atomic E-state index is 8.89. The fourth-order valence-electron chi connectivity index (χ4n) is 1.50. The molecule has 0 radical (unpaired) electrons. The molecule has 80 valence electrons. The molecule has 0 saturated heterocycles. The Morgan fingerprint density at radius 1 is 1.44 bits per heavy atom. The molecule has 2 rings (SSSR count). The fraction of sp³-hybridized carbons (Fsp3) is 0.167. The second-order valence-corrected chi connectivity index (χ2v) is 4.15. The van der Waals surface area contributed by atoms with Gasteiger partial charge in [0, 0.05) is 0 Å². The number of ether oxygens (including phenoxy) is 1. The number of nitrogens with zero attached hydrogens (tertiary/aromatic N) is 2. The van der Waals surface area contributed by atoms with E-state index in [0.717, 1.165) is 16.1 Å². The Labute approximate surface area is 97.9 Å². The van der Waals surface area contributed by atoms with Crippen LogP contribution in [-0.4, -0.2) is 12.1 Å². The molecule has 16 heavy (non-hydrogen) atoms. The highest BCUT2D eigenvalue weighted by Crippen LogP contribution is 2.31. The normalized spacial score (nSPS) is 9.81. The van der Waals surface area contributed by atoms with Crippen molar-refractivity contribution in [2.75, 3.05) is 7.11 Å². The zero-order valence-corrected chi connectivity index (χ0v) is 9.84. The van der Waals surface area contributed by atoms with Crippen molar-refractivity contribution in [3.8, 4) is 22.3 Å². The van der Waals surface area contributed by atoms with Crippen molar-refractivity contribution in [3.05, 3.63) is 35.0 Å². The molecule has 1 aromatic heterocycles. The van der Waals surface area contributed by atoms with Gasteiger partial charge in [0.25, 0.3) is 0 Å². The smallest absolute Gasteiger partial charge is 0.137 e. The molecule has 1 heterocycles. The summed E-state index contributed by atoms with van der Waals surface area (Å²) in [7, 11) is 1.57. The molecule has 0 aliphatic carbocycles. The summed E-state index contributed by atoms with van der Waals surface area (Å²) in [5, 5.41) is 8.89. The van der Waals surface area contributed by atoms with Gasteiger partial charge in [-0.3, -0.25) is 0 Å². The molecule has 0 spiro atoms. The van der Waals surface area contributed by atoms with E-state index in [2.05, 4.69) is 11.1 Å². The van der Waals surface area contributed by atoms with Gasteiger partial charge in [0.1, 0.15) is 11.8 Å². The van der Waals surface area contributed by atoms with Crippen molar-refractivity contribution < 1.29 is 4.74 Å². The van der Waals surface area contributed by atoms with E-state index in [9.17, 15) is 0 Å². The number of methoxy groups -OCH3 is 1. The molecular weight excluding hydrogens is 220 g/mol. The molecule has 0 atom stereocenters. The van der Waals surface area contributed by atoms with Gasteiger partial charge in [0.2, 0.25) is 0 Å². The van der Waals surface area contributed by atoms with Gasteiger partial charge in [-0.15, -0.1) is 11.3 Å². The number of thiazole rings is 1. The van der Waals surface area contributed by atoms with E-state index >= 15 is 0 Å². The van der Waals surface area contributed by atoms with Crippen LogP contribution < -0.4 is 4.74 Å². The zero-order valence-electron chi connectivity index (χ0n) is 9.02. The van der Waals surface area contributed by atoms with E-state index in [1.165, 1.54) is 0 Å². The fourth-order valence-corrected chi connectivity index (χ4v) is 2.31. The molecule has 0 aliphatic rings. The van der Waals surface area contributed by atoms with E-state index in [4.69, 9.17) is 10.00 Å². The number of aryl methyl sites for hydroxylation is 1. The summed E-state index contributed by atoms with van der Waals surface area (Å²) < 4.78 is 5.18. The van der Waals surface area contributed by atoms with Crippen molar-refractivity contribution in [2.24, 2.45) is 0 Å². The molecule has 0 unspecified atom stereocenters. The van der Waals surface area contributed by atoms with Crippen molar-refractivity contribution in [1.82, 2.24) is 4.98 Å². The zero-order chi connectivity index (χ0) is 11.5. The maximum absolute atomic E-state index is 8.89. The number of hydrogen-bond donors (Lipinski definition) is 0. The van der Waals surface area contributed by atoms with Gasteiger partial charge in [0.05, 0.1) is 28.8 Å². The topological polar surface area (TPSA) is 45.9 Å². The highest BCUT2D eigenvalue weighted by molar-refractivity contribution is 7.13. The SMILES string of the molecule is COc1cc(-c2scnc2C)ccc1C#N. The maximum Gasteiger partial charge on any atom is 0.137 e. The van der Waals surface area contributed by atoms with Crippen LogP contribution in [0.1, 0.15) is 11.3 Å². The van der Waals surface area contributed by atoms with E-state index in [-0.39, 0.29) is 0 Å². The third-order valence-electron chi connectivity index (χ3n) is 2.33. The second kappa shape index (κ2) is 4.33. The molecule has 0 N–H and O–H groups in total. The first-order chi connectivity index (χ1) is 7.76. The average molecular weight is 230 g/mol. The number of aromatic nitrogens is 1.